The lowest BCUT2D eigenvalue weighted by atomic mass is 10.0. The average molecular weight is 269 g/mol. The lowest BCUT2D eigenvalue weighted by Gasteiger charge is -2.06. The van der Waals surface area contributed by atoms with Crippen molar-refractivity contribution >= 4 is 21.9 Å². The number of carbonyl (C=O) groups excluding carboxylic acids is 1. The van der Waals surface area contributed by atoms with Crippen LogP contribution in [0.15, 0.2) is 16.6 Å². The number of hydrogen-bond donors (Lipinski definition) is 1. The van der Waals surface area contributed by atoms with Gasteiger partial charge in [-0.05, 0) is 33.6 Å². The second-order valence-electron chi connectivity index (χ2n) is 2.80. The van der Waals surface area contributed by atoms with Crippen molar-refractivity contribution in [2.24, 2.45) is 5.73 Å². The summed E-state index contributed by atoms with van der Waals surface area (Å²) in [5.41, 5.74) is 6.92. The molecule has 0 atom stereocenters. The van der Waals surface area contributed by atoms with Gasteiger partial charge in [-0.3, -0.25) is 0 Å². The summed E-state index contributed by atoms with van der Waals surface area (Å²) in [7, 11) is 1.30. The molecule has 0 spiro atoms. The summed E-state index contributed by atoms with van der Waals surface area (Å²) in [5.74, 6) is -0.457. The number of rotatable bonds is 2. The molecule has 0 saturated carbocycles. The van der Waals surface area contributed by atoms with Crippen LogP contribution in [0.3, 0.4) is 0 Å². The van der Waals surface area contributed by atoms with Crippen molar-refractivity contribution in [1.82, 2.24) is 0 Å². The molecule has 1 rings (SSSR count). The number of nitrogens with two attached hydrogens (primary N) is 1. The van der Waals surface area contributed by atoms with E-state index in [0.29, 0.717) is 21.2 Å². The molecule has 0 aliphatic rings. The van der Waals surface area contributed by atoms with Crippen LogP contribution in [0.2, 0.25) is 0 Å². The number of hydrogen-bond acceptors (Lipinski definition) is 4. The van der Waals surface area contributed by atoms with Crippen LogP contribution < -0.4 is 5.73 Å². The lowest BCUT2D eigenvalue weighted by Crippen LogP contribution is -2.07. The first-order chi connectivity index (χ1) is 7.13. The van der Waals surface area contributed by atoms with E-state index < -0.39 is 5.97 Å². The quantitative estimate of drug-likeness (QED) is 0.827. The minimum absolute atomic E-state index is 0.208. The van der Waals surface area contributed by atoms with E-state index >= 15 is 0 Å². The zero-order chi connectivity index (χ0) is 11.4. The fourth-order valence-electron chi connectivity index (χ4n) is 1.16. The van der Waals surface area contributed by atoms with Crippen LogP contribution in [0.5, 0.6) is 0 Å². The van der Waals surface area contributed by atoms with Crippen LogP contribution in [0.25, 0.3) is 0 Å². The van der Waals surface area contributed by atoms with Crippen LogP contribution in [0.1, 0.15) is 21.5 Å². The standard InChI is InChI=1S/C10H9BrN2O2/c1-15-10(14)8-2-6(4-12)7(5-13)3-9(8)11/h2-3H,4,12H2,1H3. The van der Waals surface area contributed by atoms with Crippen LogP contribution >= 0.6 is 15.9 Å². The predicted octanol–water partition coefficient (Wildman–Crippen LogP) is 1.57. The van der Waals surface area contributed by atoms with Gasteiger partial charge < -0.3 is 10.5 Å². The first-order valence-corrected chi connectivity index (χ1v) is 4.94. The Labute approximate surface area is 95.8 Å². The molecule has 0 heterocycles. The van der Waals surface area contributed by atoms with Gasteiger partial charge in [0.25, 0.3) is 0 Å². The molecule has 0 unspecified atom stereocenters. The largest absolute Gasteiger partial charge is 0.465 e. The van der Waals surface area contributed by atoms with E-state index in [1.807, 2.05) is 6.07 Å². The number of ether oxygens (including phenoxy) is 1. The Morgan fingerprint density at radius 1 is 1.67 bits per heavy atom. The highest BCUT2D eigenvalue weighted by Crippen LogP contribution is 2.22. The molecule has 0 aliphatic carbocycles. The van der Waals surface area contributed by atoms with Crippen molar-refractivity contribution in [3.05, 3.63) is 33.3 Å². The predicted molar refractivity (Wildman–Crippen MR) is 58.1 cm³/mol. The molecule has 15 heavy (non-hydrogen) atoms. The maximum Gasteiger partial charge on any atom is 0.339 e. The monoisotopic (exact) mass is 268 g/mol. The number of halogens is 1. The molecule has 1 aromatic carbocycles. The summed E-state index contributed by atoms with van der Waals surface area (Å²) in [6.07, 6.45) is 0. The first-order valence-electron chi connectivity index (χ1n) is 4.15. The van der Waals surface area contributed by atoms with Gasteiger partial charge in [0, 0.05) is 11.0 Å². The Balaban J connectivity index is 3.33. The number of carbonyl (C=O) groups is 1. The minimum atomic E-state index is -0.457. The highest BCUT2D eigenvalue weighted by Gasteiger charge is 2.13. The Hall–Kier alpha value is -1.38. The normalized spacial score (nSPS) is 9.47. The smallest absolute Gasteiger partial charge is 0.339 e. The Morgan fingerprint density at radius 2 is 2.33 bits per heavy atom. The molecule has 78 valence electrons. The molecule has 4 nitrogen and oxygen atoms in total. The average Bonchev–Trinajstić information content (AvgIpc) is 2.27. The van der Waals surface area contributed by atoms with E-state index in [2.05, 4.69) is 20.7 Å². The van der Waals surface area contributed by atoms with Crippen molar-refractivity contribution in [3.63, 3.8) is 0 Å². The van der Waals surface area contributed by atoms with Gasteiger partial charge in [0.15, 0.2) is 0 Å². The number of methoxy groups -OCH3 is 1. The molecule has 1 aromatic rings. The summed E-state index contributed by atoms with van der Waals surface area (Å²) in [6.45, 7) is 0.208. The Bertz CT molecular complexity index is 438. The van der Waals surface area contributed by atoms with Crippen molar-refractivity contribution in [3.8, 4) is 6.07 Å². The number of nitrogens with zero attached hydrogens (tertiary/aromatic N) is 1. The third kappa shape index (κ3) is 2.35. The lowest BCUT2D eigenvalue weighted by molar-refractivity contribution is 0.0599. The van der Waals surface area contributed by atoms with E-state index in [9.17, 15) is 4.79 Å². The van der Waals surface area contributed by atoms with E-state index in [0.717, 1.165) is 0 Å². The minimum Gasteiger partial charge on any atom is -0.465 e. The van der Waals surface area contributed by atoms with E-state index in [1.54, 1.807) is 12.1 Å². The molecule has 2 N–H and O–H groups in total. The highest BCUT2D eigenvalue weighted by molar-refractivity contribution is 9.10. The maximum atomic E-state index is 11.3. The fraction of sp³-hybridized carbons (Fsp3) is 0.200. The molecule has 0 aliphatic heterocycles. The number of nitriles is 1. The van der Waals surface area contributed by atoms with Gasteiger partial charge in [0.05, 0.1) is 24.3 Å². The van der Waals surface area contributed by atoms with Crippen molar-refractivity contribution in [2.45, 2.75) is 6.54 Å². The van der Waals surface area contributed by atoms with Crippen LogP contribution in [-0.4, -0.2) is 13.1 Å². The van der Waals surface area contributed by atoms with Gasteiger partial charge in [-0.15, -0.1) is 0 Å². The van der Waals surface area contributed by atoms with Gasteiger partial charge in [0.1, 0.15) is 0 Å². The summed E-state index contributed by atoms with van der Waals surface area (Å²) in [6, 6.07) is 5.14. The zero-order valence-corrected chi connectivity index (χ0v) is 9.67. The first kappa shape index (κ1) is 11.7. The maximum absolute atomic E-state index is 11.3. The molecule has 0 aromatic heterocycles. The van der Waals surface area contributed by atoms with E-state index in [-0.39, 0.29) is 6.54 Å². The van der Waals surface area contributed by atoms with Crippen molar-refractivity contribution < 1.29 is 9.53 Å². The van der Waals surface area contributed by atoms with Crippen molar-refractivity contribution in [1.29, 1.82) is 5.26 Å². The van der Waals surface area contributed by atoms with Crippen LogP contribution in [-0.2, 0) is 11.3 Å². The van der Waals surface area contributed by atoms with E-state index in [1.165, 1.54) is 7.11 Å². The number of benzene rings is 1. The molecule has 5 heteroatoms. The SMILES string of the molecule is COC(=O)c1cc(CN)c(C#N)cc1Br. The zero-order valence-electron chi connectivity index (χ0n) is 8.08. The van der Waals surface area contributed by atoms with Crippen LogP contribution in [0.4, 0.5) is 0 Å². The number of esters is 1. The second-order valence-corrected chi connectivity index (χ2v) is 3.65. The molecule has 0 saturated heterocycles. The molecule has 0 amide bonds. The van der Waals surface area contributed by atoms with E-state index in [4.69, 9.17) is 11.0 Å². The van der Waals surface area contributed by atoms with Crippen molar-refractivity contribution in [2.75, 3.05) is 7.11 Å². The van der Waals surface area contributed by atoms with Gasteiger partial charge in [-0.2, -0.15) is 5.26 Å². The highest BCUT2D eigenvalue weighted by atomic mass is 79.9. The summed E-state index contributed by atoms with van der Waals surface area (Å²) in [5, 5.41) is 8.82. The van der Waals surface area contributed by atoms with Gasteiger partial charge in [0.2, 0.25) is 0 Å². The van der Waals surface area contributed by atoms with Crippen LogP contribution in [0, 0.1) is 11.3 Å². The summed E-state index contributed by atoms with van der Waals surface area (Å²) >= 11 is 3.20. The molecule has 0 bridgehead atoms. The summed E-state index contributed by atoms with van der Waals surface area (Å²) < 4.78 is 5.13. The topological polar surface area (TPSA) is 76.1 Å². The fourth-order valence-corrected chi connectivity index (χ4v) is 1.66. The molecule has 0 radical (unpaired) electrons. The molecular formula is C10H9BrN2O2. The second kappa shape index (κ2) is 4.91. The molecular weight excluding hydrogens is 260 g/mol. The Morgan fingerprint density at radius 3 is 2.80 bits per heavy atom. The third-order valence-corrected chi connectivity index (χ3v) is 2.59. The molecule has 0 fully saturated rings. The third-order valence-electron chi connectivity index (χ3n) is 1.94. The van der Waals surface area contributed by atoms with Gasteiger partial charge in [-0.25, -0.2) is 4.79 Å². The van der Waals surface area contributed by atoms with Gasteiger partial charge in [-0.1, -0.05) is 0 Å². The Kier molecular flexibility index (Phi) is 3.83. The summed E-state index contributed by atoms with van der Waals surface area (Å²) in [4.78, 5) is 11.3. The van der Waals surface area contributed by atoms with Gasteiger partial charge >= 0.3 is 5.97 Å².